The first-order chi connectivity index (χ1) is 15.4. The van der Waals surface area contributed by atoms with Crippen molar-refractivity contribution in [2.75, 3.05) is 13.2 Å². The number of ether oxygens (including phenoxy) is 2. The normalized spacial score (nSPS) is 12.3. The Hall–Kier alpha value is -3.61. The fraction of sp³-hybridized carbons (Fsp3) is 0.320. The van der Waals surface area contributed by atoms with E-state index in [1.54, 1.807) is 74.5 Å². The average molecular weight is 438 g/mol. The van der Waals surface area contributed by atoms with Crippen molar-refractivity contribution in [1.82, 2.24) is 0 Å². The van der Waals surface area contributed by atoms with Gasteiger partial charge in [-0.1, -0.05) is 60.7 Å². The molecule has 7 nitrogen and oxygen atoms in total. The number of esters is 2. The summed E-state index contributed by atoms with van der Waals surface area (Å²) in [5, 5.41) is 0. The topological polar surface area (TPSA) is 104 Å². The Morgan fingerprint density at radius 2 is 0.969 bits per heavy atom. The van der Waals surface area contributed by atoms with Crippen molar-refractivity contribution in [3.8, 4) is 0 Å². The molecule has 2 atom stereocenters. The highest BCUT2D eigenvalue weighted by atomic mass is 16.5. The maximum Gasteiger partial charge on any atom is 0.316 e. The molecule has 0 unspecified atom stereocenters. The van der Waals surface area contributed by atoms with Crippen molar-refractivity contribution in [2.45, 2.75) is 26.7 Å². The third kappa shape index (κ3) is 6.70. The minimum absolute atomic E-state index is 0.00480. The van der Waals surface area contributed by atoms with Crippen LogP contribution in [0.1, 0.15) is 47.4 Å². The van der Waals surface area contributed by atoms with E-state index in [-0.39, 0.29) is 13.2 Å². The highest BCUT2D eigenvalue weighted by Gasteiger charge is 2.40. The number of benzene rings is 2. The molecule has 0 amide bonds. The van der Waals surface area contributed by atoms with Gasteiger partial charge in [-0.15, -0.1) is 0 Å². The summed E-state index contributed by atoms with van der Waals surface area (Å²) in [5.74, 6) is -6.65. The first kappa shape index (κ1) is 24.7. The molecule has 0 bridgehead atoms. The lowest BCUT2D eigenvalue weighted by Crippen LogP contribution is -2.38. The minimum Gasteiger partial charge on any atom is -0.465 e. The molecular weight excluding hydrogens is 412 g/mol. The smallest absolute Gasteiger partial charge is 0.316 e. The van der Waals surface area contributed by atoms with E-state index in [1.807, 2.05) is 0 Å². The van der Waals surface area contributed by atoms with Gasteiger partial charge in [0.1, 0.15) is 11.8 Å². The number of rotatable bonds is 12. The molecule has 0 radical (unpaired) electrons. The molecule has 0 aliphatic heterocycles. The third-order valence-corrected chi connectivity index (χ3v) is 4.80. The van der Waals surface area contributed by atoms with Crippen molar-refractivity contribution in [1.29, 1.82) is 0 Å². The first-order valence-electron chi connectivity index (χ1n) is 10.4. The van der Waals surface area contributed by atoms with Crippen molar-refractivity contribution in [2.24, 2.45) is 11.8 Å². The average Bonchev–Trinajstić information content (AvgIpc) is 2.81. The summed E-state index contributed by atoms with van der Waals surface area (Å²) in [5.41, 5.74) is 0.644. The molecule has 0 spiro atoms. The molecule has 0 saturated heterocycles. The Morgan fingerprint density at radius 1 is 0.625 bits per heavy atom. The standard InChI is InChI=1S/C25H26O7/c1-3-31-24(29)19(15-21(26)17-11-7-5-8-12-17)23(28)20(25(30)32-4-2)16-22(27)18-13-9-6-10-14-18/h5-14,19-20H,3-4,15-16H2,1-2H3/t19-,20+. The predicted molar refractivity (Wildman–Crippen MR) is 116 cm³/mol. The number of Topliss-reactive ketones (excluding diaryl/α,β-unsaturated/α-hetero) is 3. The molecule has 0 N–H and O–H groups in total. The van der Waals surface area contributed by atoms with Crippen LogP contribution in [0.15, 0.2) is 60.7 Å². The van der Waals surface area contributed by atoms with Crippen LogP contribution >= 0.6 is 0 Å². The van der Waals surface area contributed by atoms with Gasteiger partial charge in [-0.05, 0) is 13.8 Å². The van der Waals surface area contributed by atoms with Crippen LogP contribution in [-0.4, -0.2) is 42.5 Å². The molecule has 0 aliphatic carbocycles. The predicted octanol–water partition coefficient (Wildman–Crippen LogP) is 3.46. The van der Waals surface area contributed by atoms with Crippen molar-refractivity contribution >= 4 is 29.3 Å². The molecule has 0 heterocycles. The van der Waals surface area contributed by atoms with E-state index in [0.717, 1.165) is 0 Å². The molecule has 2 aromatic carbocycles. The van der Waals surface area contributed by atoms with Gasteiger partial charge in [0.05, 0.1) is 13.2 Å². The van der Waals surface area contributed by atoms with Crippen LogP contribution in [0, 0.1) is 11.8 Å². The summed E-state index contributed by atoms with van der Waals surface area (Å²) in [6.07, 6.45) is -0.950. The van der Waals surface area contributed by atoms with Gasteiger partial charge in [-0.3, -0.25) is 24.0 Å². The summed E-state index contributed by atoms with van der Waals surface area (Å²) in [6, 6.07) is 16.4. The second kappa shape index (κ2) is 12.3. The SMILES string of the molecule is CCOC(=O)[C@@H](CC(=O)c1ccccc1)C(=O)[C@@H](CC(=O)c1ccccc1)C(=O)OCC. The summed E-state index contributed by atoms with van der Waals surface area (Å²) >= 11 is 0. The quantitative estimate of drug-likeness (QED) is 0.284. The van der Waals surface area contributed by atoms with Crippen LogP contribution in [0.4, 0.5) is 0 Å². The van der Waals surface area contributed by atoms with E-state index in [2.05, 4.69) is 0 Å². The molecule has 0 aromatic heterocycles. The Bertz CT molecular complexity index is 873. The Morgan fingerprint density at radius 3 is 1.28 bits per heavy atom. The first-order valence-corrected chi connectivity index (χ1v) is 10.4. The summed E-state index contributed by atoms with van der Waals surface area (Å²) in [4.78, 5) is 63.8. The molecule has 7 heteroatoms. The van der Waals surface area contributed by atoms with E-state index in [0.29, 0.717) is 11.1 Å². The monoisotopic (exact) mass is 438 g/mol. The molecule has 168 valence electrons. The summed E-state index contributed by atoms with van der Waals surface area (Å²) < 4.78 is 9.98. The van der Waals surface area contributed by atoms with Gasteiger partial charge >= 0.3 is 11.9 Å². The van der Waals surface area contributed by atoms with Gasteiger partial charge in [0.15, 0.2) is 17.3 Å². The second-order valence-corrected chi connectivity index (χ2v) is 7.00. The highest BCUT2D eigenvalue weighted by Crippen LogP contribution is 2.22. The zero-order valence-corrected chi connectivity index (χ0v) is 18.1. The van der Waals surface area contributed by atoms with E-state index >= 15 is 0 Å². The summed E-state index contributed by atoms with van der Waals surface area (Å²) in [7, 11) is 0. The molecular formula is C25H26O7. The van der Waals surface area contributed by atoms with Crippen LogP contribution in [0.25, 0.3) is 0 Å². The van der Waals surface area contributed by atoms with Gasteiger partial charge in [-0.2, -0.15) is 0 Å². The molecule has 32 heavy (non-hydrogen) atoms. The second-order valence-electron chi connectivity index (χ2n) is 7.00. The van der Waals surface area contributed by atoms with Crippen LogP contribution in [0.3, 0.4) is 0 Å². The lowest BCUT2D eigenvalue weighted by atomic mass is 9.84. The largest absolute Gasteiger partial charge is 0.465 e. The van der Waals surface area contributed by atoms with Gasteiger partial charge < -0.3 is 9.47 Å². The number of carbonyl (C=O) groups excluding carboxylic acids is 5. The number of hydrogen-bond acceptors (Lipinski definition) is 7. The van der Waals surface area contributed by atoms with Crippen molar-refractivity contribution < 1.29 is 33.4 Å². The van der Waals surface area contributed by atoms with Gasteiger partial charge in [0.2, 0.25) is 0 Å². The maximum absolute atomic E-state index is 13.3. The minimum atomic E-state index is -1.53. The van der Waals surface area contributed by atoms with Crippen LogP contribution in [0.2, 0.25) is 0 Å². The highest BCUT2D eigenvalue weighted by molar-refractivity contribution is 6.14. The van der Waals surface area contributed by atoms with E-state index < -0.39 is 54.0 Å². The molecule has 0 aliphatic rings. The number of carbonyl (C=O) groups is 5. The number of hydrogen-bond donors (Lipinski definition) is 0. The molecule has 2 aromatic rings. The van der Waals surface area contributed by atoms with Crippen molar-refractivity contribution in [3.63, 3.8) is 0 Å². The van der Waals surface area contributed by atoms with E-state index in [4.69, 9.17) is 9.47 Å². The van der Waals surface area contributed by atoms with E-state index in [9.17, 15) is 24.0 Å². The van der Waals surface area contributed by atoms with Crippen LogP contribution in [0.5, 0.6) is 0 Å². The van der Waals surface area contributed by atoms with Crippen LogP contribution < -0.4 is 0 Å². The zero-order valence-electron chi connectivity index (χ0n) is 18.1. The van der Waals surface area contributed by atoms with Gasteiger partial charge in [0.25, 0.3) is 0 Å². The number of ketones is 3. The van der Waals surface area contributed by atoms with E-state index in [1.165, 1.54) is 0 Å². The Kier molecular flexibility index (Phi) is 9.47. The lowest BCUT2D eigenvalue weighted by molar-refractivity contribution is -0.157. The lowest BCUT2D eigenvalue weighted by Gasteiger charge is -2.20. The fourth-order valence-corrected chi connectivity index (χ4v) is 3.18. The molecule has 2 rings (SSSR count). The van der Waals surface area contributed by atoms with Crippen LogP contribution in [-0.2, 0) is 23.9 Å². The fourth-order valence-electron chi connectivity index (χ4n) is 3.18. The third-order valence-electron chi connectivity index (χ3n) is 4.80. The zero-order chi connectivity index (χ0) is 23.5. The maximum atomic E-state index is 13.3. The Labute approximate surface area is 186 Å². The molecule has 0 fully saturated rings. The summed E-state index contributed by atoms with van der Waals surface area (Å²) in [6.45, 7) is 3.13. The molecule has 0 saturated carbocycles. The van der Waals surface area contributed by atoms with Crippen molar-refractivity contribution in [3.05, 3.63) is 71.8 Å². The van der Waals surface area contributed by atoms with Gasteiger partial charge in [-0.25, -0.2) is 0 Å². The van der Waals surface area contributed by atoms with Gasteiger partial charge in [0, 0.05) is 24.0 Å². The Balaban J connectivity index is 2.32.